The van der Waals surface area contributed by atoms with Crippen molar-refractivity contribution in [1.82, 2.24) is 15.0 Å². The zero-order chi connectivity index (χ0) is 13.3. The van der Waals surface area contributed by atoms with Gasteiger partial charge in [0.1, 0.15) is 0 Å². The summed E-state index contributed by atoms with van der Waals surface area (Å²) in [6.07, 6.45) is 0. The zero-order valence-corrected chi connectivity index (χ0v) is 12.9. The number of anilines is 2. The van der Waals surface area contributed by atoms with Crippen molar-refractivity contribution in [2.45, 2.75) is 6.92 Å². The standard InChI is InChI=1S/C10H6BrCl3N4/c1-4-2-5(11)7(3-6(4)12)15-10-17-8(13)16-9(14)18-10/h2-3H,1H3,(H,15,16,17,18). The second-order valence-electron chi connectivity index (χ2n) is 3.40. The quantitative estimate of drug-likeness (QED) is 0.839. The van der Waals surface area contributed by atoms with E-state index in [9.17, 15) is 0 Å². The molecule has 2 rings (SSSR count). The van der Waals surface area contributed by atoms with Crippen LogP contribution in [0, 0.1) is 6.92 Å². The summed E-state index contributed by atoms with van der Waals surface area (Å²) < 4.78 is 0.831. The van der Waals surface area contributed by atoms with E-state index in [1.807, 2.05) is 13.0 Å². The molecule has 4 nitrogen and oxygen atoms in total. The molecule has 0 aliphatic carbocycles. The number of hydrogen-bond donors (Lipinski definition) is 1. The smallest absolute Gasteiger partial charge is 0.232 e. The lowest BCUT2D eigenvalue weighted by atomic mass is 10.2. The first kappa shape index (κ1) is 13.8. The highest BCUT2D eigenvalue weighted by atomic mass is 79.9. The highest BCUT2D eigenvalue weighted by molar-refractivity contribution is 9.10. The maximum Gasteiger partial charge on any atom is 0.232 e. The number of aromatic nitrogens is 3. The van der Waals surface area contributed by atoms with Crippen LogP contribution in [0.15, 0.2) is 16.6 Å². The van der Waals surface area contributed by atoms with Crippen LogP contribution in [0.3, 0.4) is 0 Å². The number of aryl methyl sites for hydroxylation is 1. The van der Waals surface area contributed by atoms with Gasteiger partial charge in [0.05, 0.1) is 5.69 Å². The Balaban J connectivity index is 2.36. The maximum absolute atomic E-state index is 6.05. The first-order valence-corrected chi connectivity index (χ1v) is 6.68. The molecule has 0 atom stereocenters. The molecular weight excluding hydrogens is 362 g/mol. The van der Waals surface area contributed by atoms with Crippen molar-refractivity contribution in [3.63, 3.8) is 0 Å². The second-order valence-corrected chi connectivity index (χ2v) is 5.34. The van der Waals surface area contributed by atoms with Gasteiger partial charge in [0.15, 0.2) is 0 Å². The van der Waals surface area contributed by atoms with Gasteiger partial charge in [-0.15, -0.1) is 0 Å². The molecule has 0 spiro atoms. The minimum Gasteiger partial charge on any atom is -0.323 e. The molecule has 94 valence electrons. The van der Waals surface area contributed by atoms with E-state index >= 15 is 0 Å². The first-order chi connectivity index (χ1) is 8.45. The number of halogens is 4. The normalized spacial score (nSPS) is 10.5. The molecule has 1 aromatic carbocycles. The molecule has 8 heteroatoms. The highest BCUT2D eigenvalue weighted by Crippen LogP contribution is 2.30. The Morgan fingerprint density at radius 1 is 1.06 bits per heavy atom. The molecule has 0 bridgehead atoms. The minimum atomic E-state index is 0.0202. The number of rotatable bonds is 2. The van der Waals surface area contributed by atoms with Gasteiger partial charge in [-0.2, -0.15) is 15.0 Å². The fourth-order valence-electron chi connectivity index (χ4n) is 1.24. The first-order valence-electron chi connectivity index (χ1n) is 4.75. The molecule has 1 aromatic heterocycles. The summed E-state index contributed by atoms with van der Waals surface area (Å²) in [5.74, 6) is 0.251. The van der Waals surface area contributed by atoms with Gasteiger partial charge in [-0.25, -0.2) is 0 Å². The molecule has 0 fully saturated rings. The Morgan fingerprint density at radius 3 is 2.28 bits per heavy atom. The van der Waals surface area contributed by atoms with Gasteiger partial charge in [-0.05, 0) is 63.8 Å². The highest BCUT2D eigenvalue weighted by Gasteiger charge is 2.08. The van der Waals surface area contributed by atoms with E-state index in [1.165, 1.54) is 0 Å². The Hall–Kier alpha value is -0.620. The lowest BCUT2D eigenvalue weighted by Gasteiger charge is -2.09. The van der Waals surface area contributed by atoms with Crippen LogP contribution in [0.1, 0.15) is 5.56 Å². The van der Waals surface area contributed by atoms with E-state index in [0.717, 1.165) is 10.0 Å². The lowest BCUT2D eigenvalue weighted by Crippen LogP contribution is -2.00. The third-order valence-electron chi connectivity index (χ3n) is 2.08. The fraction of sp³-hybridized carbons (Fsp3) is 0.100. The summed E-state index contributed by atoms with van der Waals surface area (Å²) in [4.78, 5) is 11.5. The van der Waals surface area contributed by atoms with Crippen LogP contribution in [0.2, 0.25) is 15.6 Å². The maximum atomic E-state index is 6.05. The van der Waals surface area contributed by atoms with Crippen molar-refractivity contribution in [1.29, 1.82) is 0 Å². The predicted octanol–water partition coefficient (Wildman–Crippen LogP) is 4.65. The van der Waals surface area contributed by atoms with Crippen LogP contribution in [-0.2, 0) is 0 Å². The van der Waals surface area contributed by atoms with E-state index in [0.29, 0.717) is 10.7 Å². The third-order valence-corrected chi connectivity index (χ3v) is 3.48. The SMILES string of the molecule is Cc1cc(Br)c(Nc2nc(Cl)nc(Cl)n2)cc1Cl. The van der Waals surface area contributed by atoms with Gasteiger partial charge < -0.3 is 5.32 Å². The molecule has 0 saturated heterocycles. The summed E-state index contributed by atoms with van der Waals surface area (Å²) in [5, 5.41) is 3.63. The summed E-state index contributed by atoms with van der Waals surface area (Å²) in [7, 11) is 0. The van der Waals surface area contributed by atoms with Gasteiger partial charge in [-0.1, -0.05) is 11.6 Å². The molecule has 0 aliphatic rings. The fourth-order valence-corrected chi connectivity index (χ4v) is 2.33. The largest absolute Gasteiger partial charge is 0.323 e. The summed E-state index contributed by atoms with van der Waals surface area (Å²) in [6, 6.07) is 3.64. The van der Waals surface area contributed by atoms with E-state index in [2.05, 4.69) is 36.2 Å². The van der Waals surface area contributed by atoms with Crippen molar-refractivity contribution >= 4 is 62.4 Å². The van der Waals surface area contributed by atoms with Crippen molar-refractivity contribution in [2.24, 2.45) is 0 Å². The zero-order valence-electron chi connectivity index (χ0n) is 9.01. The second kappa shape index (κ2) is 5.57. The number of benzene rings is 1. The van der Waals surface area contributed by atoms with Gasteiger partial charge in [0.25, 0.3) is 0 Å². The predicted molar refractivity (Wildman–Crippen MR) is 77.0 cm³/mol. The molecular formula is C10H6BrCl3N4. The van der Waals surface area contributed by atoms with Crippen LogP contribution in [0.4, 0.5) is 11.6 Å². The molecule has 1 N–H and O–H groups in total. The molecule has 18 heavy (non-hydrogen) atoms. The van der Waals surface area contributed by atoms with Crippen LogP contribution < -0.4 is 5.32 Å². The number of hydrogen-bond acceptors (Lipinski definition) is 4. The van der Waals surface area contributed by atoms with Gasteiger partial charge in [0, 0.05) is 9.50 Å². The summed E-state index contributed by atoms with van der Waals surface area (Å²) >= 11 is 20.8. The average molecular weight is 368 g/mol. The van der Waals surface area contributed by atoms with Crippen molar-refractivity contribution in [3.05, 3.63) is 37.8 Å². The van der Waals surface area contributed by atoms with Gasteiger partial charge in [0.2, 0.25) is 16.5 Å². The van der Waals surface area contributed by atoms with E-state index in [1.54, 1.807) is 6.07 Å². The molecule has 0 unspecified atom stereocenters. The average Bonchev–Trinajstić information content (AvgIpc) is 2.24. The van der Waals surface area contributed by atoms with Gasteiger partial charge in [-0.3, -0.25) is 0 Å². The Morgan fingerprint density at radius 2 is 1.67 bits per heavy atom. The molecule has 0 aliphatic heterocycles. The summed E-state index contributed by atoms with van der Waals surface area (Å²) in [6.45, 7) is 1.91. The summed E-state index contributed by atoms with van der Waals surface area (Å²) in [5.41, 5.74) is 1.67. The molecule has 0 saturated carbocycles. The van der Waals surface area contributed by atoms with Gasteiger partial charge >= 0.3 is 0 Å². The molecule has 2 aromatic rings. The van der Waals surface area contributed by atoms with Crippen LogP contribution in [0.25, 0.3) is 0 Å². The van der Waals surface area contributed by atoms with Crippen molar-refractivity contribution < 1.29 is 0 Å². The Kier molecular flexibility index (Phi) is 4.27. The van der Waals surface area contributed by atoms with Crippen LogP contribution >= 0.6 is 50.7 Å². The van der Waals surface area contributed by atoms with Crippen molar-refractivity contribution in [2.75, 3.05) is 5.32 Å². The van der Waals surface area contributed by atoms with E-state index < -0.39 is 0 Å². The molecule has 1 heterocycles. The Labute approximate surface area is 127 Å². The topological polar surface area (TPSA) is 50.7 Å². The van der Waals surface area contributed by atoms with Crippen molar-refractivity contribution in [3.8, 4) is 0 Å². The van der Waals surface area contributed by atoms with Crippen LogP contribution in [0.5, 0.6) is 0 Å². The van der Waals surface area contributed by atoms with E-state index in [-0.39, 0.29) is 16.5 Å². The lowest BCUT2D eigenvalue weighted by molar-refractivity contribution is 1.05. The van der Waals surface area contributed by atoms with E-state index in [4.69, 9.17) is 34.8 Å². The Bertz CT molecular complexity index is 586. The monoisotopic (exact) mass is 366 g/mol. The number of nitrogens with zero attached hydrogens (tertiary/aromatic N) is 3. The molecule has 0 radical (unpaired) electrons. The van der Waals surface area contributed by atoms with Crippen LogP contribution in [-0.4, -0.2) is 15.0 Å². The minimum absolute atomic E-state index is 0.0202. The third kappa shape index (κ3) is 3.23. The number of nitrogens with one attached hydrogen (secondary N) is 1. The molecule has 0 amide bonds.